The van der Waals surface area contributed by atoms with Gasteiger partial charge in [0.15, 0.2) is 0 Å². The molecule has 0 N–H and O–H groups in total. The Morgan fingerprint density at radius 2 is 1.95 bits per heavy atom. The number of nitrogens with zero attached hydrogens (tertiary/aromatic N) is 2. The molecule has 0 amide bonds. The fourth-order valence-corrected chi connectivity index (χ4v) is 1.95. The number of hydrogen-bond donors (Lipinski definition) is 0. The quantitative estimate of drug-likeness (QED) is 0.838. The van der Waals surface area contributed by atoms with Crippen molar-refractivity contribution in [1.29, 1.82) is 5.26 Å². The maximum absolute atomic E-state index is 8.92. The molecule has 0 atom stereocenters. The molecule has 0 unspecified atom stereocenters. The maximum Gasteiger partial charge on any atom is 0.119 e. The first-order valence-electron chi connectivity index (χ1n) is 6.07. The van der Waals surface area contributed by atoms with E-state index in [2.05, 4.69) is 17.0 Å². The molecule has 0 saturated carbocycles. The van der Waals surface area contributed by atoms with Crippen molar-refractivity contribution in [2.24, 2.45) is 0 Å². The van der Waals surface area contributed by atoms with Crippen molar-refractivity contribution >= 4 is 5.69 Å². The van der Waals surface area contributed by atoms with Crippen LogP contribution in [0.25, 0.3) is 0 Å². The minimum absolute atomic E-state index is 0.676. The second-order valence-corrected chi connectivity index (χ2v) is 4.37. The molecule has 0 bridgehead atoms. The molecule has 0 heterocycles. The highest BCUT2D eigenvalue weighted by molar-refractivity contribution is 5.51. The second-order valence-electron chi connectivity index (χ2n) is 4.37. The lowest BCUT2D eigenvalue weighted by atomic mass is 10.1. The number of rotatable bonds is 4. The molecule has 0 saturated heterocycles. The number of benzene rings is 2. The van der Waals surface area contributed by atoms with Gasteiger partial charge < -0.3 is 9.64 Å². The van der Waals surface area contributed by atoms with E-state index in [1.165, 1.54) is 5.56 Å². The van der Waals surface area contributed by atoms with E-state index in [9.17, 15) is 0 Å². The smallest absolute Gasteiger partial charge is 0.119 e. The van der Waals surface area contributed by atoms with Gasteiger partial charge in [0.1, 0.15) is 5.75 Å². The van der Waals surface area contributed by atoms with Crippen LogP contribution in [-0.2, 0) is 6.54 Å². The third-order valence-corrected chi connectivity index (χ3v) is 2.97. The highest BCUT2D eigenvalue weighted by Crippen LogP contribution is 2.19. The van der Waals surface area contributed by atoms with Gasteiger partial charge >= 0.3 is 0 Å². The Labute approximate surface area is 113 Å². The first-order chi connectivity index (χ1) is 9.22. The predicted molar refractivity (Wildman–Crippen MR) is 76.3 cm³/mol. The summed E-state index contributed by atoms with van der Waals surface area (Å²) < 4.78 is 5.22. The molecule has 0 radical (unpaired) electrons. The number of nitriles is 1. The van der Waals surface area contributed by atoms with E-state index < -0.39 is 0 Å². The summed E-state index contributed by atoms with van der Waals surface area (Å²) in [5.41, 5.74) is 2.88. The molecule has 0 aromatic heterocycles. The zero-order valence-electron chi connectivity index (χ0n) is 11.1. The second kappa shape index (κ2) is 5.92. The Hall–Kier alpha value is -2.47. The van der Waals surface area contributed by atoms with Crippen LogP contribution in [-0.4, -0.2) is 14.2 Å². The normalized spacial score (nSPS) is 9.74. The Kier molecular flexibility index (Phi) is 4.04. The molecule has 3 nitrogen and oxygen atoms in total. The lowest BCUT2D eigenvalue weighted by molar-refractivity contribution is 0.414. The van der Waals surface area contributed by atoms with Gasteiger partial charge in [-0.05, 0) is 35.9 Å². The molecule has 2 rings (SSSR count). The van der Waals surface area contributed by atoms with Crippen LogP contribution in [0.3, 0.4) is 0 Å². The lowest BCUT2D eigenvalue weighted by Gasteiger charge is -2.19. The molecule has 2 aromatic rings. The topological polar surface area (TPSA) is 36.3 Å². The molecule has 96 valence electrons. The van der Waals surface area contributed by atoms with Crippen molar-refractivity contribution in [1.82, 2.24) is 0 Å². The fraction of sp³-hybridized carbons (Fsp3) is 0.188. The molecular weight excluding hydrogens is 236 g/mol. The number of hydrogen-bond acceptors (Lipinski definition) is 3. The van der Waals surface area contributed by atoms with Crippen LogP contribution in [0.1, 0.15) is 11.1 Å². The van der Waals surface area contributed by atoms with Crippen LogP contribution in [0.5, 0.6) is 5.75 Å². The first-order valence-corrected chi connectivity index (χ1v) is 6.07. The highest BCUT2D eigenvalue weighted by Gasteiger charge is 2.04. The Morgan fingerprint density at radius 3 is 2.68 bits per heavy atom. The van der Waals surface area contributed by atoms with Crippen molar-refractivity contribution in [3.05, 3.63) is 59.7 Å². The summed E-state index contributed by atoms with van der Waals surface area (Å²) in [4.78, 5) is 2.11. The third kappa shape index (κ3) is 3.26. The molecule has 0 fully saturated rings. The van der Waals surface area contributed by atoms with Crippen LogP contribution in [0.4, 0.5) is 5.69 Å². The first kappa shape index (κ1) is 13.0. The van der Waals surface area contributed by atoms with E-state index in [1.807, 2.05) is 49.5 Å². The molecule has 0 aliphatic carbocycles. The van der Waals surface area contributed by atoms with Crippen LogP contribution < -0.4 is 9.64 Å². The predicted octanol–water partition coefficient (Wildman–Crippen LogP) is 3.20. The highest BCUT2D eigenvalue weighted by atomic mass is 16.5. The van der Waals surface area contributed by atoms with E-state index in [-0.39, 0.29) is 0 Å². The Balaban J connectivity index is 2.15. The molecule has 19 heavy (non-hydrogen) atoms. The Morgan fingerprint density at radius 1 is 1.16 bits per heavy atom. The molecule has 0 aliphatic rings. The summed E-state index contributed by atoms with van der Waals surface area (Å²) in [5.74, 6) is 0.858. The number of ether oxygens (including phenoxy) is 1. The van der Waals surface area contributed by atoms with Crippen LogP contribution in [0.15, 0.2) is 48.5 Å². The van der Waals surface area contributed by atoms with Gasteiger partial charge in [-0.3, -0.25) is 0 Å². The van der Waals surface area contributed by atoms with Crippen molar-refractivity contribution in [2.75, 3.05) is 19.1 Å². The van der Waals surface area contributed by atoms with Gasteiger partial charge in [0.05, 0.1) is 18.7 Å². The molecular formula is C16H16N2O. The fourth-order valence-electron chi connectivity index (χ4n) is 1.95. The average Bonchev–Trinajstić information content (AvgIpc) is 2.47. The standard InChI is InChI=1S/C16H16N2O/c1-18(15-7-3-5-13(9-15)11-17)12-14-6-4-8-16(10-14)19-2/h3-10H,12H2,1-2H3. The van der Waals surface area contributed by atoms with Crippen molar-refractivity contribution in [2.45, 2.75) is 6.54 Å². The Bertz CT molecular complexity index is 602. The zero-order chi connectivity index (χ0) is 13.7. The lowest BCUT2D eigenvalue weighted by Crippen LogP contribution is -2.16. The SMILES string of the molecule is COc1cccc(CN(C)c2cccc(C#N)c2)c1. The van der Waals surface area contributed by atoms with Gasteiger partial charge in [-0.25, -0.2) is 0 Å². The molecule has 0 spiro atoms. The maximum atomic E-state index is 8.92. The minimum atomic E-state index is 0.676. The van der Waals surface area contributed by atoms with Crippen LogP contribution >= 0.6 is 0 Å². The van der Waals surface area contributed by atoms with Gasteiger partial charge in [0.2, 0.25) is 0 Å². The molecule has 2 aromatic carbocycles. The van der Waals surface area contributed by atoms with Gasteiger partial charge in [0.25, 0.3) is 0 Å². The van der Waals surface area contributed by atoms with Crippen molar-refractivity contribution in [3.8, 4) is 11.8 Å². The van der Waals surface area contributed by atoms with E-state index in [1.54, 1.807) is 7.11 Å². The van der Waals surface area contributed by atoms with E-state index >= 15 is 0 Å². The van der Waals surface area contributed by atoms with Crippen LogP contribution in [0.2, 0.25) is 0 Å². The number of methoxy groups -OCH3 is 1. The summed E-state index contributed by atoms with van der Waals surface area (Å²) in [5, 5.41) is 8.92. The summed E-state index contributed by atoms with van der Waals surface area (Å²) in [7, 11) is 3.68. The number of anilines is 1. The van der Waals surface area contributed by atoms with E-state index in [4.69, 9.17) is 10.00 Å². The van der Waals surface area contributed by atoms with Gasteiger partial charge in [-0.2, -0.15) is 5.26 Å². The van der Waals surface area contributed by atoms with Gasteiger partial charge in [0, 0.05) is 19.3 Å². The van der Waals surface area contributed by atoms with Gasteiger partial charge in [-0.1, -0.05) is 18.2 Å². The third-order valence-electron chi connectivity index (χ3n) is 2.97. The average molecular weight is 252 g/mol. The molecule has 3 heteroatoms. The molecule has 0 aliphatic heterocycles. The van der Waals surface area contributed by atoms with E-state index in [0.29, 0.717) is 5.56 Å². The van der Waals surface area contributed by atoms with Gasteiger partial charge in [-0.15, -0.1) is 0 Å². The summed E-state index contributed by atoms with van der Waals surface area (Å²) in [6.07, 6.45) is 0. The summed E-state index contributed by atoms with van der Waals surface area (Å²) >= 11 is 0. The van der Waals surface area contributed by atoms with Crippen molar-refractivity contribution in [3.63, 3.8) is 0 Å². The summed E-state index contributed by atoms with van der Waals surface area (Å²) in [6.45, 7) is 0.770. The zero-order valence-corrected chi connectivity index (χ0v) is 11.1. The largest absolute Gasteiger partial charge is 0.497 e. The summed E-state index contributed by atoms with van der Waals surface area (Å²) in [6, 6.07) is 17.7. The van der Waals surface area contributed by atoms with Crippen LogP contribution in [0, 0.1) is 11.3 Å². The van der Waals surface area contributed by atoms with Crippen molar-refractivity contribution < 1.29 is 4.74 Å². The minimum Gasteiger partial charge on any atom is -0.497 e. The monoisotopic (exact) mass is 252 g/mol. The van der Waals surface area contributed by atoms with E-state index in [0.717, 1.165) is 18.0 Å².